The lowest BCUT2D eigenvalue weighted by molar-refractivity contribution is -0.268. The van der Waals surface area contributed by atoms with Gasteiger partial charge in [0.15, 0.2) is 0 Å². The summed E-state index contributed by atoms with van der Waals surface area (Å²) < 4.78 is 40.7. The first-order valence-electron chi connectivity index (χ1n) is 9.44. The van der Waals surface area contributed by atoms with Gasteiger partial charge in [-0.1, -0.05) is 6.42 Å². The summed E-state index contributed by atoms with van der Waals surface area (Å²) in [6.45, 7) is 4.56. The minimum atomic E-state index is -4.96. The van der Waals surface area contributed by atoms with E-state index in [2.05, 4.69) is 9.88 Å². The van der Waals surface area contributed by atoms with Gasteiger partial charge in [-0.3, -0.25) is 4.79 Å². The van der Waals surface area contributed by atoms with Gasteiger partial charge in [0.1, 0.15) is 5.01 Å². The van der Waals surface area contributed by atoms with Gasteiger partial charge in [-0.25, -0.2) is 4.98 Å². The van der Waals surface area contributed by atoms with E-state index in [4.69, 9.17) is 0 Å². The molecule has 0 spiro atoms. The average molecular weight is 405 g/mol. The molecule has 0 aromatic carbocycles. The number of aliphatic hydroxyl groups is 1. The Labute approximate surface area is 161 Å². The number of hydrogen-bond donors (Lipinski definition) is 1. The van der Waals surface area contributed by atoms with E-state index in [1.54, 1.807) is 6.92 Å². The molecule has 1 amide bonds. The molecule has 1 aromatic heterocycles. The Morgan fingerprint density at radius 2 is 1.85 bits per heavy atom. The number of hydrogen-bond acceptors (Lipinski definition) is 5. The lowest BCUT2D eigenvalue weighted by Crippen LogP contribution is -2.51. The molecule has 3 heterocycles. The molecule has 0 saturated carbocycles. The molecule has 9 heteroatoms. The van der Waals surface area contributed by atoms with E-state index in [-0.39, 0.29) is 0 Å². The first-order chi connectivity index (χ1) is 12.7. The molecule has 2 saturated heterocycles. The number of aromatic nitrogens is 1. The van der Waals surface area contributed by atoms with Crippen molar-refractivity contribution in [1.82, 2.24) is 14.8 Å². The highest BCUT2D eigenvalue weighted by molar-refractivity contribution is 7.09. The Balaban J connectivity index is 1.63. The molecule has 3 rings (SSSR count). The summed E-state index contributed by atoms with van der Waals surface area (Å²) in [6.07, 6.45) is -0.813. The van der Waals surface area contributed by atoms with Crippen LogP contribution in [0.25, 0.3) is 0 Å². The van der Waals surface area contributed by atoms with Crippen LogP contribution in [0.5, 0.6) is 0 Å². The van der Waals surface area contributed by atoms with E-state index in [9.17, 15) is 23.1 Å². The van der Waals surface area contributed by atoms with Gasteiger partial charge >= 0.3 is 6.18 Å². The molecule has 0 radical (unpaired) electrons. The lowest BCUT2D eigenvalue weighted by atomic mass is 9.96. The Morgan fingerprint density at radius 1 is 1.22 bits per heavy atom. The summed E-state index contributed by atoms with van der Waals surface area (Å²) in [7, 11) is 0. The Bertz CT molecular complexity index is 653. The summed E-state index contributed by atoms with van der Waals surface area (Å²) in [6, 6.07) is 0.400. The second-order valence-corrected chi connectivity index (χ2v) is 8.40. The van der Waals surface area contributed by atoms with E-state index in [0.29, 0.717) is 24.8 Å². The molecule has 0 bridgehead atoms. The molecule has 5 nitrogen and oxygen atoms in total. The summed E-state index contributed by atoms with van der Waals surface area (Å²) in [5.74, 6) is -0.667. The zero-order chi connectivity index (χ0) is 19.7. The van der Waals surface area contributed by atoms with E-state index in [1.165, 1.54) is 29.5 Å². The smallest absolute Gasteiger partial charge is 0.374 e. The fraction of sp³-hybridized carbons (Fsp3) is 0.778. The standard InChI is InChI=1S/C18H26F3N3O2S/c1-13-12-27-16(22-13)17(26,18(19,20)21)11-15(25)24-9-5-14(6-10-24)23-7-3-2-4-8-23/h12,14,26H,2-11H2,1H3. The zero-order valence-corrected chi connectivity index (χ0v) is 16.3. The molecular formula is C18H26F3N3O2S. The van der Waals surface area contributed by atoms with E-state index in [0.717, 1.165) is 37.3 Å². The summed E-state index contributed by atoms with van der Waals surface area (Å²) in [5, 5.41) is 11.3. The van der Waals surface area contributed by atoms with Gasteiger partial charge in [-0.05, 0) is 45.7 Å². The SMILES string of the molecule is Cc1csc(C(O)(CC(=O)N2CCC(N3CCCCC3)CC2)C(F)(F)F)n1. The van der Waals surface area contributed by atoms with Crippen molar-refractivity contribution in [3.8, 4) is 0 Å². The van der Waals surface area contributed by atoms with Gasteiger partial charge in [-0.15, -0.1) is 11.3 Å². The number of carbonyl (C=O) groups excluding carboxylic acids is 1. The van der Waals surface area contributed by atoms with Gasteiger partial charge in [0.2, 0.25) is 11.5 Å². The second-order valence-electron chi connectivity index (χ2n) is 7.54. The van der Waals surface area contributed by atoms with Crippen molar-refractivity contribution >= 4 is 17.2 Å². The van der Waals surface area contributed by atoms with Crippen molar-refractivity contribution in [3.05, 3.63) is 16.1 Å². The molecule has 2 fully saturated rings. The minimum absolute atomic E-state index is 0.396. The number of amides is 1. The predicted molar refractivity (Wildman–Crippen MR) is 96.4 cm³/mol. The third-order valence-corrected chi connectivity index (χ3v) is 6.68. The molecule has 1 N–H and O–H groups in total. The van der Waals surface area contributed by atoms with Gasteiger partial charge < -0.3 is 14.9 Å². The highest BCUT2D eigenvalue weighted by Gasteiger charge is 2.58. The van der Waals surface area contributed by atoms with Gasteiger partial charge in [0.05, 0.1) is 6.42 Å². The van der Waals surface area contributed by atoms with Crippen molar-refractivity contribution in [1.29, 1.82) is 0 Å². The number of thiazole rings is 1. The third kappa shape index (κ3) is 4.46. The number of piperidine rings is 2. The van der Waals surface area contributed by atoms with Crippen LogP contribution < -0.4 is 0 Å². The first-order valence-corrected chi connectivity index (χ1v) is 10.3. The maximum absolute atomic E-state index is 13.6. The highest BCUT2D eigenvalue weighted by atomic mass is 32.1. The largest absolute Gasteiger partial charge is 0.424 e. The lowest BCUT2D eigenvalue weighted by Gasteiger charge is -2.41. The summed E-state index contributed by atoms with van der Waals surface area (Å²) >= 11 is 0.733. The molecule has 27 heavy (non-hydrogen) atoms. The van der Waals surface area contributed by atoms with Crippen LogP contribution in [-0.2, 0) is 10.4 Å². The van der Waals surface area contributed by atoms with Crippen molar-refractivity contribution in [2.75, 3.05) is 26.2 Å². The number of likely N-dealkylation sites (tertiary alicyclic amines) is 2. The molecule has 0 aliphatic carbocycles. The normalized spacial score (nSPS) is 22.6. The first kappa shape index (κ1) is 20.5. The van der Waals surface area contributed by atoms with Crippen molar-refractivity contribution in [2.45, 2.75) is 63.3 Å². The van der Waals surface area contributed by atoms with Crippen molar-refractivity contribution in [2.24, 2.45) is 0 Å². The van der Waals surface area contributed by atoms with Gasteiger partial charge in [-0.2, -0.15) is 13.2 Å². The van der Waals surface area contributed by atoms with Crippen LogP contribution in [0, 0.1) is 6.92 Å². The van der Waals surface area contributed by atoms with Crippen LogP contribution >= 0.6 is 11.3 Å². The van der Waals surface area contributed by atoms with Crippen LogP contribution in [-0.4, -0.2) is 64.2 Å². The fourth-order valence-electron chi connectivity index (χ4n) is 3.94. The van der Waals surface area contributed by atoms with E-state index in [1.807, 2.05) is 0 Å². The maximum Gasteiger partial charge on any atom is 0.424 e. The Hall–Kier alpha value is -1.19. The number of carbonyl (C=O) groups is 1. The highest BCUT2D eigenvalue weighted by Crippen LogP contribution is 2.43. The van der Waals surface area contributed by atoms with Crippen LogP contribution in [0.3, 0.4) is 0 Å². The molecule has 1 atom stereocenters. The molecule has 1 unspecified atom stereocenters. The van der Waals surface area contributed by atoms with E-state index >= 15 is 0 Å². The fourth-order valence-corrected chi connectivity index (χ4v) is 4.85. The topological polar surface area (TPSA) is 56.7 Å². The van der Waals surface area contributed by atoms with Crippen LogP contribution in [0.2, 0.25) is 0 Å². The summed E-state index contributed by atoms with van der Waals surface area (Å²) in [4.78, 5) is 20.2. The minimum Gasteiger partial charge on any atom is -0.374 e. The zero-order valence-electron chi connectivity index (χ0n) is 15.5. The van der Waals surface area contributed by atoms with Crippen LogP contribution in [0.15, 0.2) is 5.38 Å². The van der Waals surface area contributed by atoms with Crippen molar-refractivity contribution in [3.63, 3.8) is 0 Å². The number of rotatable bonds is 4. The van der Waals surface area contributed by atoms with Crippen LogP contribution in [0.1, 0.15) is 49.2 Å². The van der Waals surface area contributed by atoms with Crippen molar-refractivity contribution < 1.29 is 23.1 Å². The Kier molecular flexibility index (Phi) is 6.12. The average Bonchev–Trinajstić information content (AvgIpc) is 3.08. The Morgan fingerprint density at radius 3 is 2.37 bits per heavy atom. The summed E-state index contributed by atoms with van der Waals surface area (Å²) in [5.41, 5.74) is -2.83. The molecule has 2 aliphatic heterocycles. The van der Waals surface area contributed by atoms with E-state index < -0.39 is 29.1 Å². The van der Waals surface area contributed by atoms with Gasteiger partial charge in [0, 0.05) is 30.2 Å². The molecule has 152 valence electrons. The predicted octanol–water partition coefficient (Wildman–Crippen LogP) is 3.07. The van der Waals surface area contributed by atoms with Gasteiger partial charge in [0.25, 0.3) is 0 Å². The monoisotopic (exact) mass is 405 g/mol. The molecule has 1 aromatic rings. The molecule has 2 aliphatic rings. The number of halogens is 3. The second kappa shape index (κ2) is 8.05. The maximum atomic E-state index is 13.6. The van der Waals surface area contributed by atoms with Crippen LogP contribution in [0.4, 0.5) is 13.2 Å². The quantitative estimate of drug-likeness (QED) is 0.837. The number of aryl methyl sites for hydroxylation is 1. The number of nitrogens with zero attached hydrogens (tertiary/aromatic N) is 3. The molecular weight excluding hydrogens is 379 g/mol. The number of alkyl halides is 3. The third-order valence-electron chi connectivity index (χ3n) is 5.57.